The van der Waals surface area contributed by atoms with Crippen molar-refractivity contribution in [3.05, 3.63) is 36.5 Å². The molecule has 0 radical (unpaired) electrons. The van der Waals surface area contributed by atoms with Crippen molar-refractivity contribution in [3.63, 3.8) is 0 Å². The molecular formula is C30H50O12. The Balaban J connectivity index is 1.75. The third-order valence-electron chi connectivity index (χ3n) is 7.32. The first-order chi connectivity index (χ1) is 20.2. The first-order valence-corrected chi connectivity index (χ1v) is 14.9. The van der Waals surface area contributed by atoms with Crippen LogP contribution in [0.5, 0.6) is 0 Å². The van der Waals surface area contributed by atoms with E-state index in [1.54, 1.807) is 0 Å². The van der Waals surface area contributed by atoms with E-state index in [9.17, 15) is 40.5 Å². The number of hydrogen-bond acceptors (Lipinski definition) is 12. The molecule has 0 amide bonds. The minimum absolute atomic E-state index is 0.0951. The first kappa shape index (κ1) is 36.5. The van der Waals surface area contributed by atoms with E-state index in [1.165, 1.54) is 0 Å². The summed E-state index contributed by atoms with van der Waals surface area (Å²) in [6.45, 7) is -0.0170. The predicted octanol–water partition coefficient (Wildman–Crippen LogP) is 0.745. The highest BCUT2D eigenvalue weighted by atomic mass is 16.8. The van der Waals surface area contributed by atoms with Crippen molar-refractivity contribution in [1.82, 2.24) is 0 Å². The molecule has 2 saturated heterocycles. The molecule has 9 atom stereocenters. The maximum Gasteiger partial charge on any atom is 0.305 e. The molecule has 0 saturated carbocycles. The summed E-state index contributed by atoms with van der Waals surface area (Å²) in [5.41, 5.74) is 0. The van der Waals surface area contributed by atoms with Crippen LogP contribution in [0.2, 0.25) is 0 Å². The van der Waals surface area contributed by atoms with Crippen molar-refractivity contribution < 1.29 is 59.5 Å². The minimum Gasteiger partial charge on any atom is -0.460 e. The number of unbranched alkanes of at least 4 members (excludes halogenated alkanes) is 5. The van der Waals surface area contributed by atoms with E-state index >= 15 is 0 Å². The smallest absolute Gasteiger partial charge is 0.305 e. The van der Waals surface area contributed by atoms with Crippen molar-refractivity contribution in [2.24, 2.45) is 0 Å². The first-order valence-electron chi connectivity index (χ1n) is 14.9. The number of allylic oxidation sites excluding steroid dienone is 6. The van der Waals surface area contributed by atoms with E-state index in [4.69, 9.17) is 18.9 Å². The Morgan fingerprint density at radius 1 is 0.762 bits per heavy atom. The van der Waals surface area contributed by atoms with Gasteiger partial charge in [0.25, 0.3) is 0 Å². The summed E-state index contributed by atoms with van der Waals surface area (Å²) < 4.78 is 21.7. The van der Waals surface area contributed by atoms with E-state index in [-0.39, 0.29) is 6.42 Å². The van der Waals surface area contributed by atoms with Crippen LogP contribution >= 0.6 is 0 Å². The zero-order valence-electron chi connectivity index (χ0n) is 24.4. The van der Waals surface area contributed by atoms with Gasteiger partial charge >= 0.3 is 5.97 Å². The molecule has 0 spiro atoms. The second-order valence-corrected chi connectivity index (χ2v) is 10.7. The zero-order chi connectivity index (χ0) is 31.0. The van der Waals surface area contributed by atoms with Crippen LogP contribution in [0.1, 0.15) is 71.1 Å². The minimum atomic E-state index is -2.26. The SMILES string of the molecule is CCC=CCC=CCC=CCCCCCCCC(=O)OC[C@@]1(O[C@H]2O[C@H](CO)[C@@H](O)[C@H](O)[C@H]2O)O[C@H](CO)[C@@H](O)[C@@H]1O. The fraction of sp³-hybridized carbons (Fsp3) is 0.767. The molecule has 0 unspecified atom stereocenters. The van der Waals surface area contributed by atoms with E-state index in [0.717, 1.165) is 51.4 Å². The number of aliphatic hydroxyl groups is 7. The zero-order valence-corrected chi connectivity index (χ0v) is 24.4. The molecule has 2 aliphatic heterocycles. The number of hydrogen-bond donors (Lipinski definition) is 7. The van der Waals surface area contributed by atoms with Gasteiger partial charge in [0.1, 0.15) is 49.3 Å². The molecule has 0 bridgehead atoms. The van der Waals surface area contributed by atoms with Gasteiger partial charge in [-0.05, 0) is 38.5 Å². The van der Waals surface area contributed by atoms with Crippen LogP contribution in [0.25, 0.3) is 0 Å². The molecule has 2 fully saturated rings. The Labute approximate surface area is 247 Å². The molecule has 0 aromatic heterocycles. The number of carbonyl (C=O) groups is 1. The summed E-state index contributed by atoms with van der Waals surface area (Å²) in [5, 5.41) is 70.4. The lowest BCUT2D eigenvalue weighted by Crippen LogP contribution is -2.62. The van der Waals surface area contributed by atoms with Gasteiger partial charge in [0.15, 0.2) is 6.29 Å². The summed E-state index contributed by atoms with van der Waals surface area (Å²) in [6.07, 6.45) is 8.44. The van der Waals surface area contributed by atoms with Crippen molar-refractivity contribution in [3.8, 4) is 0 Å². The second-order valence-electron chi connectivity index (χ2n) is 10.7. The lowest BCUT2D eigenvalue weighted by molar-refractivity contribution is -0.383. The van der Waals surface area contributed by atoms with Gasteiger partial charge in [-0.25, -0.2) is 0 Å². The average Bonchev–Trinajstić information content (AvgIpc) is 3.23. The highest BCUT2D eigenvalue weighted by molar-refractivity contribution is 5.69. The van der Waals surface area contributed by atoms with Crippen LogP contribution < -0.4 is 0 Å². The fourth-order valence-electron chi connectivity index (χ4n) is 4.76. The highest BCUT2D eigenvalue weighted by Gasteiger charge is 2.59. The molecule has 12 nitrogen and oxygen atoms in total. The lowest BCUT2D eigenvalue weighted by atomic mass is 9.99. The highest BCUT2D eigenvalue weighted by Crippen LogP contribution is 2.36. The van der Waals surface area contributed by atoms with Crippen LogP contribution in [-0.2, 0) is 23.7 Å². The van der Waals surface area contributed by atoms with Crippen LogP contribution in [-0.4, -0.2) is 116 Å². The van der Waals surface area contributed by atoms with Gasteiger partial charge < -0.3 is 54.7 Å². The Morgan fingerprint density at radius 3 is 2.02 bits per heavy atom. The maximum atomic E-state index is 12.4. The Bertz CT molecular complexity index is 846. The summed E-state index contributed by atoms with van der Waals surface area (Å²) in [4.78, 5) is 12.4. The van der Waals surface area contributed by atoms with Crippen LogP contribution in [0.4, 0.5) is 0 Å². The molecular weight excluding hydrogens is 552 g/mol. The van der Waals surface area contributed by atoms with Crippen LogP contribution in [0, 0.1) is 0 Å². The number of carbonyl (C=O) groups excluding carboxylic acids is 1. The van der Waals surface area contributed by atoms with Crippen LogP contribution in [0.3, 0.4) is 0 Å². The normalized spacial score (nSPS) is 33.8. The van der Waals surface area contributed by atoms with Gasteiger partial charge in [-0.1, -0.05) is 62.6 Å². The van der Waals surface area contributed by atoms with Gasteiger partial charge in [0.05, 0.1) is 13.2 Å². The molecule has 42 heavy (non-hydrogen) atoms. The summed E-state index contributed by atoms with van der Waals surface area (Å²) in [7, 11) is 0. The number of aliphatic hydroxyl groups excluding tert-OH is 7. The topological polar surface area (TPSA) is 196 Å². The average molecular weight is 603 g/mol. The van der Waals surface area contributed by atoms with Crippen LogP contribution in [0.15, 0.2) is 36.5 Å². The van der Waals surface area contributed by atoms with E-state index in [1.807, 2.05) is 0 Å². The standard InChI is InChI=1S/C30H50O12/c1-2-3-4-5-6-7-8-9-10-11-12-13-14-15-16-17-23(33)39-20-30(28(38)25(35)22(19-32)41-30)42-29-27(37)26(36)24(34)21(18-31)40-29/h3-4,6-7,9-10,21-22,24-29,31-32,34-38H,2,5,8,11-20H2,1H3/t21-,22-,24-,25-,26+,27-,28+,29-,30+/m1/s1. The molecule has 2 heterocycles. The monoisotopic (exact) mass is 602 g/mol. The quantitative estimate of drug-likeness (QED) is 0.0623. The largest absolute Gasteiger partial charge is 0.460 e. The molecule has 0 aromatic carbocycles. The number of ether oxygens (including phenoxy) is 4. The molecule has 242 valence electrons. The van der Waals surface area contributed by atoms with Crippen molar-refractivity contribution in [2.45, 2.75) is 126 Å². The van der Waals surface area contributed by atoms with Gasteiger partial charge in [-0.15, -0.1) is 0 Å². The Hall–Kier alpha value is -1.71. The maximum absolute atomic E-state index is 12.4. The summed E-state index contributed by atoms with van der Waals surface area (Å²) in [6, 6.07) is 0. The lowest BCUT2D eigenvalue weighted by Gasteiger charge is -2.43. The molecule has 7 N–H and O–H groups in total. The molecule has 0 aliphatic carbocycles. The Morgan fingerprint density at radius 2 is 1.38 bits per heavy atom. The number of esters is 1. The van der Waals surface area contributed by atoms with E-state index < -0.39 is 80.6 Å². The van der Waals surface area contributed by atoms with E-state index in [2.05, 4.69) is 43.4 Å². The van der Waals surface area contributed by atoms with Gasteiger partial charge in [-0.3, -0.25) is 4.79 Å². The fourth-order valence-corrected chi connectivity index (χ4v) is 4.76. The summed E-state index contributed by atoms with van der Waals surface area (Å²) in [5.74, 6) is -2.86. The molecule has 0 aromatic rings. The summed E-state index contributed by atoms with van der Waals surface area (Å²) >= 11 is 0. The molecule has 12 heteroatoms. The van der Waals surface area contributed by atoms with E-state index in [0.29, 0.717) is 6.42 Å². The van der Waals surface area contributed by atoms with Gasteiger partial charge in [0, 0.05) is 6.42 Å². The molecule has 2 rings (SSSR count). The van der Waals surface area contributed by atoms with Crippen molar-refractivity contribution in [1.29, 1.82) is 0 Å². The third kappa shape index (κ3) is 11.1. The Kier molecular flexibility index (Phi) is 17.0. The molecule has 2 aliphatic rings. The van der Waals surface area contributed by atoms with Crippen molar-refractivity contribution >= 4 is 5.97 Å². The number of rotatable bonds is 19. The van der Waals surface area contributed by atoms with Gasteiger partial charge in [0.2, 0.25) is 5.79 Å². The second kappa shape index (κ2) is 19.5. The third-order valence-corrected chi connectivity index (χ3v) is 7.32. The van der Waals surface area contributed by atoms with Crippen molar-refractivity contribution in [2.75, 3.05) is 19.8 Å². The van der Waals surface area contributed by atoms with Gasteiger partial charge in [-0.2, -0.15) is 0 Å². The predicted molar refractivity (Wildman–Crippen MR) is 152 cm³/mol.